The minimum Gasteiger partial charge on any atom is -0.497 e. The lowest BCUT2D eigenvalue weighted by molar-refractivity contribution is -0.126. The molecule has 2 aromatic heterocycles. The fourth-order valence-electron chi connectivity index (χ4n) is 3.48. The minimum absolute atomic E-state index is 0.0316. The van der Waals surface area contributed by atoms with Crippen molar-refractivity contribution in [3.8, 4) is 5.75 Å². The van der Waals surface area contributed by atoms with Crippen molar-refractivity contribution in [3.05, 3.63) is 53.2 Å². The number of piperazine rings is 1. The first kappa shape index (κ1) is 19.4. The topological polar surface area (TPSA) is 58.6 Å². The van der Waals surface area contributed by atoms with Crippen LogP contribution in [0.25, 0.3) is 16.3 Å². The highest BCUT2D eigenvalue weighted by molar-refractivity contribution is 7.18. The standard InChI is InChI=1S/C22H24N4O2S/c1-3-18-14-19-21(23-15-24-22(19)29-18)26-11-9-25(10-12-26)20(27)8-7-16-5-4-6-17(13-16)28-2/h4-8,13-15H,3,9-12H2,1-2H3/b8-7+. The van der Waals surface area contributed by atoms with E-state index in [1.807, 2.05) is 35.2 Å². The largest absolute Gasteiger partial charge is 0.497 e. The fourth-order valence-corrected chi connectivity index (χ4v) is 4.41. The number of nitrogens with zero attached hydrogens (tertiary/aromatic N) is 4. The van der Waals surface area contributed by atoms with Crippen molar-refractivity contribution < 1.29 is 9.53 Å². The van der Waals surface area contributed by atoms with E-state index in [-0.39, 0.29) is 5.91 Å². The molecule has 7 heteroatoms. The molecule has 0 aliphatic carbocycles. The quantitative estimate of drug-likeness (QED) is 0.604. The lowest BCUT2D eigenvalue weighted by Crippen LogP contribution is -2.48. The Balaban J connectivity index is 1.41. The van der Waals surface area contributed by atoms with Crippen molar-refractivity contribution in [1.29, 1.82) is 0 Å². The third kappa shape index (κ3) is 4.24. The molecule has 1 aliphatic rings. The van der Waals surface area contributed by atoms with Gasteiger partial charge in [-0.1, -0.05) is 19.1 Å². The van der Waals surface area contributed by atoms with Gasteiger partial charge < -0.3 is 14.5 Å². The second-order valence-electron chi connectivity index (χ2n) is 6.90. The number of aromatic nitrogens is 2. The highest BCUT2D eigenvalue weighted by Gasteiger charge is 2.22. The average Bonchev–Trinajstić information content (AvgIpc) is 3.21. The first-order valence-electron chi connectivity index (χ1n) is 9.77. The van der Waals surface area contributed by atoms with Crippen molar-refractivity contribution in [2.24, 2.45) is 0 Å². The number of aryl methyl sites for hydroxylation is 1. The van der Waals surface area contributed by atoms with Gasteiger partial charge in [-0.2, -0.15) is 0 Å². The molecule has 4 rings (SSSR count). The zero-order chi connectivity index (χ0) is 20.2. The molecule has 0 N–H and O–H groups in total. The first-order chi connectivity index (χ1) is 14.2. The number of hydrogen-bond acceptors (Lipinski definition) is 6. The van der Waals surface area contributed by atoms with E-state index in [1.165, 1.54) is 4.88 Å². The van der Waals surface area contributed by atoms with Crippen LogP contribution in [0.3, 0.4) is 0 Å². The number of fused-ring (bicyclic) bond motifs is 1. The number of amides is 1. The molecule has 1 fully saturated rings. The summed E-state index contributed by atoms with van der Waals surface area (Å²) in [5.74, 6) is 1.79. The number of carbonyl (C=O) groups excluding carboxylic acids is 1. The number of anilines is 1. The number of thiophene rings is 1. The first-order valence-corrected chi connectivity index (χ1v) is 10.6. The predicted octanol–water partition coefficient (Wildman–Crippen LogP) is 3.62. The lowest BCUT2D eigenvalue weighted by atomic mass is 10.2. The van der Waals surface area contributed by atoms with E-state index in [4.69, 9.17) is 4.74 Å². The van der Waals surface area contributed by atoms with Crippen LogP contribution in [0, 0.1) is 0 Å². The molecule has 0 bridgehead atoms. The summed E-state index contributed by atoms with van der Waals surface area (Å²) >= 11 is 1.73. The predicted molar refractivity (Wildman–Crippen MR) is 118 cm³/mol. The van der Waals surface area contributed by atoms with Gasteiger partial charge in [0.1, 0.15) is 22.7 Å². The number of ether oxygens (including phenoxy) is 1. The van der Waals surface area contributed by atoms with Crippen LogP contribution in [0.15, 0.2) is 42.7 Å². The van der Waals surface area contributed by atoms with Crippen molar-refractivity contribution in [3.63, 3.8) is 0 Å². The van der Waals surface area contributed by atoms with Crippen LogP contribution < -0.4 is 9.64 Å². The molecule has 150 valence electrons. The van der Waals surface area contributed by atoms with E-state index in [2.05, 4.69) is 27.9 Å². The van der Waals surface area contributed by atoms with Crippen LogP contribution in [0.4, 0.5) is 5.82 Å². The van der Waals surface area contributed by atoms with Crippen LogP contribution in [-0.2, 0) is 11.2 Å². The molecule has 0 atom stereocenters. The maximum absolute atomic E-state index is 12.6. The van der Waals surface area contributed by atoms with E-state index in [9.17, 15) is 4.79 Å². The monoisotopic (exact) mass is 408 g/mol. The van der Waals surface area contributed by atoms with Gasteiger partial charge >= 0.3 is 0 Å². The normalized spacial score (nSPS) is 14.7. The highest BCUT2D eigenvalue weighted by atomic mass is 32.1. The van der Waals surface area contributed by atoms with Gasteiger partial charge in [0.25, 0.3) is 0 Å². The van der Waals surface area contributed by atoms with Gasteiger partial charge in [0, 0.05) is 37.1 Å². The van der Waals surface area contributed by atoms with Gasteiger partial charge in [-0.15, -0.1) is 11.3 Å². The van der Waals surface area contributed by atoms with Crippen molar-refractivity contribution in [2.45, 2.75) is 13.3 Å². The number of hydrogen-bond donors (Lipinski definition) is 0. The maximum Gasteiger partial charge on any atom is 0.246 e. The molecular formula is C22H24N4O2S. The van der Waals surface area contributed by atoms with Crippen LogP contribution in [0.1, 0.15) is 17.4 Å². The summed E-state index contributed by atoms with van der Waals surface area (Å²) < 4.78 is 5.23. The van der Waals surface area contributed by atoms with Crippen molar-refractivity contribution >= 4 is 39.4 Å². The molecule has 1 aliphatic heterocycles. The summed E-state index contributed by atoms with van der Waals surface area (Å²) in [6.45, 7) is 5.04. The van der Waals surface area contributed by atoms with E-state index < -0.39 is 0 Å². The molecule has 29 heavy (non-hydrogen) atoms. The number of rotatable bonds is 5. The Morgan fingerprint density at radius 1 is 1.21 bits per heavy atom. The Bertz CT molecular complexity index is 1040. The molecule has 0 saturated carbocycles. The van der Waals surface area contributed by atoms with Crippen molar-refractivity contribution in [2.75, 3.05) is 38.2 Å². The fraction of sp³-hybridized carbons (Fsp3) is 0.318. The summed E-state index contributed by atoms with van der Waals surface area (Å²) in [4.78, 5) is 28.0. The Labute approximate surface area is 174 Å². The molecule has 0 radical (unpaired) electrons. The van der Waals surface area contributed by atoms with Crippen LogP contribution in [0.2, 0.25) is 0 Å². The minimum atomic E-state index is 0.0316. The van der Waals surface area contributed by atoms with E-state index >= 15 is 0 Å². The zero-order valence-corrected chi connectivity index (χ0v) is 17.5. The number of methoxy groups -OCH3 is 1. The Hall–Kier alpha value is -2.93. The molecule has 1 saturated heterocycles. The summed E-state index contributed by atoms with van der Waals surface area (Å²) in [6.07, 6.45) is 6.12. The summed E-state index contributed by atoms with van der Waals surface area (Å²) in [6, 6.07) is 9.87. The van der Waals surface area contributed by atoms with Crippen LogP contribution >= 0.6 is 11.3 Å². The third-order valence-corrected chi connectivity index (χ3v) is 6.30. The molecule has 0 unspecified atom stereocenters. The van der Waals surface area contributed by atoms with E-state index in [0.29, 0.717) is 13.1 Å². The van der Waals surface area contributed by atoms with Gasteiger partial charge in [0.2, 0.25) is 5.91 Å². The SMILES string of the molecule is CCc1cc2c(N3CCN(C(=O)/C=C/c4cccc(OC)c4)CC3)ncnc2s1. The van der Waals surface area contributed by atoms with Gasteiger partial charge in [-0.3, -0.25) is 4.79 Å². The molecule has 0 spiro atoms. The third-order valence-electron chi connectivity index (χ3n) is 5.11. The zero-order valence-electron chi connectivity index (χ0n) is 16.7. The second kappa shape index (κ2) is 8.61. The second-order valence-corrected chi connectivity index (χ2v) is 8.02. The average molecular weight is 409 g/mol. The van der Waals surface area contributed by atoms with Crippen molar-refractivity contribution in [1.82, 2.24) is 14.9 Å². The Kier molecular flexibility index (Phi) is 5.76. The number of benzene rings is 1. The molecule has 1 amide bonds. The molecule has 3 heterocycles. The molecule has 3 aromatic rings. The molecule has 1 aromatic carbocycles. The summed E-state index contributed by atoms with van der Waals surface area (Å²) in [7, 11) is 1.64. The van der Waals surface area contributed by atoms with Crippen LogP contribution in [0.5, 0.6) is 5.75 Å². The van der Waals surface area contributed by atoms with Gasteiger partial charge in [-0.25, -0.2) is 9.97 Å². The van der Waals surface area contributed by atoms with E-state index in [1.54, 1.807) is 30.8 Å². The lowest BCUT2D eigenvalue weighted by Gasteiger charge is -2.35. The van der Waals surface area contributed by atoms with Crippen LogP contribution in [-0.4, -0.2) is 54.1 Å². The Morgan fingerprint density at radius 2 is 2.03 bits per heavy atom. The maximum atomic E-state index is 12.6. The van der Waals surface area contributed by atoms with Gasteiger partial charge in [-0.05, 0) is 36.3 Å². The van der Waals surface area contributed by atoms with Gasteiger partial charge in [0.15, 0.2) is 0 Å². The Morgan fingerprint density at radius 3 is 2.79 bits per heavy atom. The van der Waals surface area contributed by atoms with Gasteiger partial charge in [0.05, 0.1) is 12.5 Å². The molecular weight excluding hydrogens is 384 g/mol. The van der Waals surface area contributed by atoms with E-state index in [0.717, 1.165) is 46.9 Å². The number of carbonyl (C=O) groups is 1. The molecule has 6 nitrogen and oxygen atoms in total. The summed E-state index contributed by atoms with van der Waals surface area (Å²) in [5, 5.41) is 1.12. The highest BCUT2D eigenvalue weighted by Crippen LogP contribution is 2.31. The summed E-state index contributed by atoms with van der Waals surface area (Å²) in [5.41, 5.74) is 0.948. The smallest absolute Gasteiger partial charge is 0.246 e.